The molecule has 172 valence electrons. The molecule has 1 amide bonds. The summed E-state index contributed by atoms with van der Waals surface area (Å²) in [4.78, 5) is 17.7. The van der Waals surface area contributed by atoms with Gasteiger partial charge in [-0.3, -0.25) is 4.79 Å². The maximum atomic E-state index is 12.5. The number of amidine groups is 1. The Hall–Kier alpha value is -3.57. The van der Waals surface area contributed by atoms with Gasteiger partial charge in [-0.2, -0.15) is 0 Å². The van der Waals surface area contributed by atoms with Crippen LogP contribution in [0.5, 0.6) is 5.75 Å². The lowest BCUT2D eigenvalue weighted by atomic mass is 10.1. The van der Waals surface area contributed by atoms with E-state index in [0.717, 1.165) is 34.5 Å². The number of rotatable bonds is 8. The number of nitrogens with one attached hydrogen (secondary N) is 1. The molecular formula is C29H28N2O2S. The highest BCUT2D eigenvalue weighted by molar-refractivity contribution is 8.18. The number of nitrogens with zero attached hydrogens (tertiary/aromatic N) is 1. The zero-order chi connectivity index (χ0) is 23.9. The summed E-state index contributed by atoms with van der Waals surface area (Å²) in [5.74, 6) is 0.684. The molecule has 1 aliphatic heterocycles. The molecule has 4 nitrogen and oxygen atoms in total. The maximum Gasteiger partial charge on any atom is 0.264 e. The monoisotopic (exact) mass is 468 g/mol. The predicted molar refractivity (Wildman–Crippen MR) is 142 cm³/mol. The number of carbonyl (C=O) groups excluding carboxylic acids is 1. The van der Waals surface area contributed by atoms with Crippen molar-refractivity contribution < 1.29 is 9.53 Å². The SMILES string of the molecule is C=CCc1cc(/C=C2\SC(=Nc3ccc(CC)cc3)NC2=O)ccc1OCc1cccc(C)c1. The third kappa shape index (κ3) is 6.06. The highest BCUT2D eigenvalue weighted by Gasteiger charge is 2.24. The fraction of sp³-hybridized carbons (Fsp3) is 0.172. The van der Waals surface area contributed by atoms with Crippen LogP contribution in [0.3, 0.4) is 0 Å². The van der Waals surface area contributed by atoms with Crippen molar-refractivity contribution in [3.05, 3.63) is 112 Å². The van der Waals surface area contributed by atoms with Crippen molar-refractivity contribution in [2.75, 3.05) is 0 Å². The third-order valence-electron chi connectivity index (χ3n) is 5.45. The van der Waals surface area contributed by atoms with Crippen LogP contribution in [0.15, 0.2) is 89.3 Å². The van der Waals surface area contributed by atoms with Crippen LogP contribution in [0.25, 0.3) is 6.08 Å². The molecule has 5 heteroatoms. The average Bonchev–Trinajstić information content (AvgIpc) is 3.17. The summed E-state index contributed by atoms with van der Waals surface area (Å²) < 4.78 is 6.10. The second kappa shape index (κ2) is 11.0. The van der Waals surface area contributed by atoms with Crippen LogP contribution in [-0.4, -0.2) is 11.1 Å². The largest absolute Gasteiger partial charge is 0.489 e. The zero-order valence-electron chi connectivity index (χ0n) is 19.5. The number of amides is 1. The first kappa shape index (κ1) is 23.6. The van der Waals surface area contributed by atoms with E-state index in [2.05, 4.69) is 61.1 Å². The summed E-state index contributed by atoms with van der Waals surface area (Å²) in [6, 6.07) is 22.3. The quantitative estimate of drug-likeness (QED) is 0.294. The van der Waals surface area contributed by atoms with E-state index in [0.29, 0.717) is 23.1 Å². The zero-order valence-corrected chi connectivity index (χ0v) is 20.3. The molecule has 0 saturated carbocycles. The molecule has 0 aromatic heterocycles. The average molecular weight is 469 g/mol. The van der Waals surface area contributed by atoms with E-state index in [1.54, 1.807) is 0 Å². The fourth-order valence-corrected chi connectivity index (χ4v) is 4.51. The van der Waals surface area contributed by atoms with Gasteiger partial charge in [0.05, 0.1) is 10.6 Å². The Morgan fingerprint density at radius 3 is 2.62 bits per heavy atom. The first-order valence-corrected chi connectivity index (χ1v) is 12.2. The van der Waals surface area contributed by atoms with Gasteiger partial charge in [0, 0.05) is 0 Å². The van der Waals surface area contributed by atoms with E-state index in [9.17, 15) is 4.79 Å². The van der Waals surface area contributed by atoms with E-state index in [4.69, 9.17) is 4.74 Å². The fourth-order valence-electron chi connectivity index (χ4n) is 3.66. The number of aryl methyl sites for hydroxylation is 2. The summed E-state index contributed by atoms with van der Waals surface area (Å²) in [5.41, 5.74) is 6.39. The molecule has 0 spiro atoms. The van der Waals surface area contributed by atoms with Gasteiger partial charge in [-0.15, -0.1) is 6.58 Å². The summed E-state index contributed by atoms with van der Waals surface area (Å²) in [6.07, 6.45) is 5.41. The summed E-state index contributed by atoms with van der Waals surface area (Å²) in [7, 11) is 0. The van der Waals surface area contributed by atoms with Gasteiger partial charge in [0.15, 0.2) is 5.17 Å². The molecule has 4 rings (SSSR count). The number of thioether (sulfide) groups is 1. The molecule has 34 heavy (non-hydrogen) atoms. The van der Waals surface area contributed by atoms with Crippen LogP contribution in [-0.2, 0) is 24.2 Å². The Labute approximate surface area is 205 Å². The molecule has 1 fully saturated rings. The lowest BCUT2D eigenvalue weighted by Crippen LogP contribution is -2.19. The van der Waals surface area contributed by atoms with Crippen LogP contribution < -0.4 is 10.1 Å². The van der Waals surface area contributed by atoms with Crippen molar-refractivity contribution in [2.24, 2.45) is 4.99 Å². The molecule has 3 aromatic carbocycles. The standard InChI is InChI=1S/C29H28N2O2S/c1-4-7-24-17-22(12-15-26(24)33-19-23-9-6-8-20(3)16-23)18-27-28(32)31-29(34-27)30-25-13-10-21(5-2)11-14-25/h4,6,8-18H,1,5,7,19H2,2-3H3,(H,30,31,32)/b27-18-. The van der Waals surface area contributed by atoms with Crippen LogP contribution in [0, 0.1) is 6.92 Å². The molecule has 0 radical (unpaired) electrons. The number of aliphatic imine (C=N–C) groups is 1. The van der Waals surface area contributed by atoms with E-state index in [-0.39, 0.29) is 5.91 Å². The summed E-state index contributed by atoms with van der Waals surface area (Å²) in [6.45, 7) is 8.57. The Kier molecular flexibility index (Phi) is 7.65. The minimum atomic E-state index is -0.140. The van der Waals surface area contributed by atoms with Crippen LogP contribution >= 0.6 is 11.8 Å². The van der Waals surface area contributed by atoms with Gasteiger partial charge in [-0.1, -0.05) is 61.0 Å². The third-order valence-corrected chi connectivity index (χ3v) is 6.36. The van der Waals surface area contributed by atoms with Crippen molar-refractivity contribution in [3.63, 3.8) is 0 Å². The first-order valence-electron chi connectivity index (χ1n) is 11.3. The van der Waals surface area contributed by atoms with E-state index < -0.39 is 0 Å². The normalized spacial score (nSPS) is 15.5. The van der Waals surface area contributed by atoms with Crippen LogP contribution in [0.2, 0.25) is 0 Å². The Bertz CT molecular complexity index is 1260. The topological polar surface area (TPSA) is 50.7 Å². The number of benzene rings is 3. The molecule has 0 bridgehead atoms. The predicted octanol–water partition coefficient (Wildman–Crippen LogP) is 6.76. The minimum Gasteiger partial charge on any atom is -0.489 e. The van der Waals surface area contributed by atoms with Gasteiger partial charge in [-0.25, -0.2) is 4.99 Å². The Balaban J connectivity index is 1.50. The molecule has 1 heterocycles. The molecule has 1 saturated heterocycles. The van der Waals surface area contributed by atoms with Crippen molar-refractivity contribution in [2.45, 2.75) is 33.3 Å². The van der Waals surface area contributed by atoms with E-state index in [1.807, 2.05) is 48.6 Å². The lowest BCUT2D eigenvalue weighted by molar-refractivity contribution is -0.115. The van der Waals surface area contributed by atoms with Gasteiger partial charge in [0.2, 0.25) is 0 Å². The number of allylic oxidation sites excluding steroid dienone is 1. The number of hydrogen-bond donors (Lipinski definition) is 1. The first-order chi connectivity index (χ1) is 16.5. The Morgan fingerprint density at radius 1 is 1.06 bits per heavy atom. The summed E-state index contributed by atoms with van der Waals surface area (Å²) >= 11 is 1.35. The Morgan fingerprint density at radius 2 is 1.88 bits per heavy atom. The minimum absolute atomic E-state index is 0.140. The second-order valence-corrected chi connectivity index (χ2v) is 9.17. The molecule has 0 unspecified atom stereocenters. The van der Waals surface area contributed by atoms with Gasteiger partial charge in [-0.05, 0) is 84.1 Å². The number of carbonyl (C=O) groups is 1. The van der Waals surface area contributed by atoms with Gasteiger partial charge in [0.1, 0.15) is 12.4 Å². The molecule has 0 atom stereocenters. The number of hydrogen-bond acceptors (Lipinski definition) is 4. The molecule has 3 aromatic rings. The molecule has 1 aliphatic rings. The van der Waals surface area contributed by atoms with Crippen molar-refractivity contribution >= 4 is 34.6 Å². The van der Waals surface area contributed by atoms with Crippen molar-refractivity contribution in [1.29, 1.82) is 0 Å². The highest BCUT2D eigenvalue weighted by atomic mass is 32.2. The molecule has 1 N–H and O–H groups in total. The summed E-state index contributed by atoms with van der Waals surface area (Å²) in [5, 5.41) is 3.45. The van der Waals surface area contributed by atoms with Crippen LogP contribution in [0.1, 0.15) is 34.7 Å². The van der Waals surface area contributed by atoms with Gasteiger partial charge >= 0.3 is 0 Å². The smallest absolute Gasteiger partial charge is 0.264 e. The highest BCUT2D eigenvalue weighted by Crippen LogP contribution is 2.30. The van der Waals surface area contributed by atoms with Gasteiger partial charge < -0.3 is 10.1 Å². The molecular weight excluding hydrogens is 440 g/mol. The second-order valence-electron chi connectivity index (χ2n) is 8.14. The van der Waals surface area contributed by atoms with Crippen molar-refractivity contribution in [3.8, 4) is 5.75 Å². The number of ether oxygens (including phenoxy) is 1. The molecule has 0 aliphatic carbocycles. The lowest BCUT2D eigenvalue weighted by Gasteiger charge is -2.12. The van der Waals surface area contributed by atoms with E-state index >= 15 is 0 Å². The van der Waals surface area contributed by atoms with E-state index in [1.165, 1.54) is 22.9 Å². The maximum absolute atomic E-state index is 12.5. The van der Waals surface area contributed by atoms with Crippen LogP contribution in [0.4, 0.5) is 5.69 Å². The van der Waals surface area contributed by atoms with Crippen molar-refractivity contribution in [1.82, 2.24) is 5.32 Å². The van der Waals surface area contributed by atoms with Gasteiger partial charge in [0.25, 0.3) is 5.91 Å².